The van der Waals surface area contributed by atoms with E-state index in [2.05, 4.69) is 4.57 Å². The molecule has 2 aromatic carbocycles. The summed E-state index contributed by atoms with van der Waals surface area (Å²) in [6.07, 6.45) is 5.28. The molecule has 4 rings (SSSR count). The van der Waals surface area contributed by atoms with Crippen LogP contribution in [0.1, 0.15) is 43.8 Å². The molecule has 1 atom stereocenters. The number of imidazole rings is 1. The van der Waals surface area contributed by atoms with E-state index in [1.54, 1.807) is 12.1 Å². The average Bonchev–Trinajstić information content (AvgIpc) is 3.11. The van der Waals surface area contributed by atoms with Crippen LogP contribution >= 0.6 is 0 Å². The molecular weight excluding hydrogens is 370 g/mol. The number of aliphatic hydroxyl groups excluding tert-OH is 1. The summed E-state index contributed by atoms with van der Waals surface area (Å²) in [7, 11) is 0. The highest BCUT2D eigenvalue weighted by atomic mass is 16.6. The van der Waals surface area contributed by atoms with Crippen molar-refractivity contribution in [2.24, 2.45) is 0 Å². The van der Waals surface area contributed by atoms with Crippen LogP contribution in [0.2, 0.25) is 0 Å². The fourth-order valence-corrected chi connectivity index (χ4v) is 4.08. The summed E-state index contributed by atoms with van der Waals surface area (Å²) in [5, 5.41) is 21.4. The summed E-state index contributed by atoms with van der Waals surface area (Å²) in [5.74, 6) is 1.98. The Labute approximate surface area is 169 Å². The van der Waals surface area contributed by atoms with Crippen molar-refractivity contribution in [2.75, 3.05) is 6.61 Å². The Morgan fingerprint density at radius 1 is 1.14 bits per heavy atom. The van der Waals surface area contributed by atoms with E-state index in [9.17, 15) is 15.2 Å². The quantitative estimate of drug-likeness (QED) is 0.472. The molecule has 0 bridgehead atoms. The zero-order valence-corrected chi connectivity index (χ0v) is 16.2. The molecule has 0 spiro atoms. The number of ether oxygens (including phenoxy) is 1. The molecule has 0 amide bonds. The number of aromatic nitrogens is 2. The summed E-state index contributed by atoms with van der Waals surface area (Å²) < 4.78 is 7.78. The average molecular weight is 395 g/mol. The van der Waals surface area contributed by atoms with Crippen LogP contribution in [0.5, 0.6) is 5.75 Å². The molecule has 1 saturated carbocycles. The summed E-state index contributed by atoms with van der Waals surface area (Å²) >= 11 is 0. The third-order valence-corrected chi connectivity index (χ3v) is 5.54. The fourth-order valence-electron chi connectivity index (χ4n) is 4.08. The third-order valence-electron chi connectivity index (χ3n) is 5.54. The van der Waals surface area contributed by atoms with Gasteiger partial charge >= 0.3 is 0 Å². The molecule has 0 saturated heterocycles. The van der Waals surface area contributed by atoms with Crippen molar-refractivity contribution >= 4 is 16.7 Å². The summed E-state index contributed by atoms with van der Waals surface area (Å²) in [4.78, 5) is 15.2. The van der Waals surface area contributed by atoms with Crippen molar-refractivity contribution in [1.29, 1.82) is 0 Å². The normalized spacial score (nSPS) is 16.0. The number of para-hydroxylation sites is 2. The number of benzene rings is 2. The monoisotopic (exact) mass is 395 g/mol. The first-order valence-electron chi connectivity index (χ1n) is 10.1. The van der Waals surface area contributed by atoms with Crippen LogP contribution in [0.3, 0.4) is 0 Å². The Bertz CT molecular complexity index is 977. The molecule has 1 fully saturated rings. The first kappa shape index (κ1) is 19.4. The van der Waals surface area contributed by atoms with Gasteiger partial charge in [0.1, 0.15) is 24.3 Å². The first-order valence-corrected chi connectivity index (χ1v) is 10.1. The minimum absolute atomic E-state index is 0.0138. The minimum Gasteiger partial charge on any atom is -0.491 e. The van der Waals surface area contributed by atoms with Crippen molar-refractivity contribution in [2.45, 2.75) is 50.7 Å². The number of rotatable bonds is 7. The standard InChI is InChI=1S/C22H25N3O4/c26-18(15-29-19-12-10-17(11-13-19)25(27)28)14-24-21-9-5-4-8-20(21)23-22(24)16-6-2-1-3-7-16/h4-5,8-13,16,18,26H,1-3,6-7,14-15H2. The first-order chi connectivity index (χ1) is 14.1. The Kier molecular flexibility index (Phi) is 5.76. The maximum Gasteiger partial charge on any atom is 0.269 e. The number of nitrogens with zero attached hydrogens (tertiary/aromatic N) is 3. The van der Waals surface area contributed by atoms with Gasteiger partial charge in [-0.05, 0) is 37.1 Å². The maximum absolute atomic E-state index is 10.7. The smallest absolute Gasteiger partial charge is 0.269 e. The van der Waals surface area contributed by atoms with Gasteiger partial charge < -0.3 is 14.4 Å². The molecule has 0 aliphatic heterocycles. The van der Waals surface area contributed by atoms with Crippen molar-refractivity contribution < 1.29 is 14.8 Å². The third kappa shape index (κ3) is 4.40. The molecule has 1 unspecified atom stereocenters. The number of nitro benzene ring substituents is 1. The number of aliphatic hydroxyl groups is 1. The lowest BCUT2D eigenvalue weighted by Crippen LogP contribution is -2.25. The van der Waals surface area contributed by atoms with Crippen molar-refractivity contribution in [3.63, 3.8) is 0 Å². The van der Waals surface area contributed by atoms with E-state index in [-0.39, 0.29) is 12.3 Å². The molecule has 1 aromatic heterocycles. The van der Waals surface area contributed by atoms with E-state index >= 15 is 0 Å². The lowest BCUT2D eigenvalue weighted by Gasteiger charge is -2.23. The molecule has 7 heteroatoms. The highest BCUT2D eigenvalue weighted by molar-refractivity contribution is 5.76. The second kappa shape index (κ2) is 8.61. The molecule has 1 heterocycles. The molecule has 0 radical (unpaired) electrons. The van der Waals surface area contributed by atoms with Gasteiger partial charge in [0.15, 0.2) is 0 Å². The van der Waals surface area contributed by atoms with Crippen molar-refractivity contribution in [3.8, 4) is 5.75 Å². The number of non-ortho nitro benzene ring substituents is 1. The Morgan fingerprint density at radius 3 is 2.59 bits per heavy atom. The molecule has 3 aromatic rings. The zero-order chi connectivity index (χ0) is 20.2. The van der Waals surface area contributed by atoms with Gasteiger partial charge in [0, 0.05) is 18.1 Å². The highest BCUT2D eigenvalue weighted by Crippen LogP contribution is 2.34. The predicted molar refractivity (Wildman–Crippen MR) is 110 cm³/mol. The Hall–Kier alpha value is -2.93. The van der Waals surface area contributed by atoms with E-state index in [0.29, 0.717) is 18.2 Å². The van der Waals surface area contributed by atoms with Crippen LogP contribution in [0.15, 0.2) is 48.5 Å². The van der Waals surface area contributed by atoms with E-state index in [1.807, 2.05) is 24.3 Å². The van der Waals surface area contributed by atoms with Crippen LogP contribution in [-0.2, 0) is 6.54 Å². The van der Waals surface area contributed by atoms with Gasteiger partial charge in [-0.25, -0.2) is 4.98 Å². The number of hydrogen-bond donors (Lipinski definition) is 1. The second-order valence-electron chi connectivity index (χ2n) is 7.62. The predicted octanol–water partition coefficient (Wildman–Crippen LogP) is 4.43. The zero-order valence-electron chi connectivity index (χ0n) is 16.2. The van der Waals surface area contributed by atoms with Crippen LogP contribution < -0.4 is 4.74 Å². The highest BCUT2D eigenvalue weighted by Gasteiger charge is 2.23. The molecule has 1 aliphatic carbocycles. The van der Waals surface area contributed by atoms with Crippen LogP contribution in [-0.4, -0.2) is 32.3 Å². The molecular formula is C22H25N3O4. The SMILES string of the molecule is O=[N+]([O-])c1ccc(OCC(O)Cn2c(C3CCCCC3)nc3ccccc32)cc1. The van der Waals surface area contributed by atoms with Crippen LogP contribution in [0.4, 0.5) is 5.69 Å². The number of hydrogen-bond acceptors (Lipinski definition) is 5. The van der Waals surface area contributed by atoms with E-state index < -0.39 is 11.0 Å². The molecule has 7 nitrogen and oxygen atoms in total. The summed E-state index contributed by atoms with van der Waals surface area (Å²) in [5.41, 5.74) is 2.00. The van der Waals surface area contributed by atoms with Gasteiger partial charge in [0.2, 0.25) is 0 Å². The van der Waals surface area contributed by atoms with Gasteiger partial charge in [-0.3, -0.25) is 10.1 Å². The molecule has 29 heavy (non-hydrogen) atoms. The maximum atomic E-state index is 10.7. The Morgan fingerprint density at radius 2 is 1.86 bits per heavy atom. The number of nitro groups is 1. The van der Waals surface area contributed by atoms with E-state index in [4.69, 9.17) is 9.72 Å². The topological polar surface area (TPSA) is 90.4 Å². The molecule has 1 N–H and O–H groups in total. The Balaban J connectivity index is 1.48. The lowest BCUT2D eigenvalue weighted by molar-refractivity contribution is -0.384. The van der Waals surface area contributed by atoms with Gasteiger partial charge in [0.25, 0.3) is 5.69 Å². The molecule has 1 aliphatic rings. The van der Waals surface area contributed by atoms with Crippen LogP contribution in [0.25, 0.3) is 11.0 Å². The van der Waals surface area contributed by atoms with Gasteiger partial charge in [-0.1, -0.05) is 31.4 Å². The van der Waals surface area contributed by atoms with Gasteiger partial charge in [-0.15, -0.1) is 0 Å². The van der Waals surface area contributed by atoms with Gasteiger partial charge in [0.05, 0.1) is 22.5 Å². The fraction of sp³-hybridized carbons (Fsp3) is 0.409. The van der Waals surface area contributed by atoms with Crippen LogP contribution in [0, 0.1) is 10.1 Å². The van der Waals surface area contributed by atoms with Gasteiger partial charge in [-0.2, -0.15) is 0 Å². The van der Waals surface area contributed by atoms with Crippen molar-refractivity contribution in [3.05, 3.63) is 64.5 Å². The second-order valence-corrected chi connectivity index (χ2v) is 7.62. The van der Waals surface area contributed by atoms with E-state index in [0.717, 1.165) is 29.7 Å². The molecule has 152 valence electrons. The summed E-state index contributed by atoms with van der Waals surface area (Å²) in [6, 6.07) is 13.9. The van der Waals surface area contributed by atoms with E-state index in [1.165, 1.54) is 31.4 Å². The summed E-state index contributed by atoms with van der Waals surface area (Å²) in [6.45, 7) is 0.508. The van der Waals surface area contributed by atoms with Crippen molar-refractivity contribution in [1.82, 2.24) is 9.55 Å². The largest absolute Gasteiger partial charge is 0.491 e. The lowest BCUT2D eigenvalue weighted by atomic mass is 9.88. The number of fused-ring (bicyclic) bond motifs is 1. The minimum atomic E-state index is -0.717.